The summed E-state index contributed by atoms with van der Waals surface area (Å²) in [7, 11) is 0. The highest BCUT2D eigenvalue weighted by Crippen LogP contribution is 2.34. The molecule has 1 fully saturated rings. The summed E-state index contributed by atoms with van der Waals surface area (Å²) in [6.45, 7) is 10.3. The molecule has 2 aliphatic rings. The summed E-state index contributed by atoms with van der Waals surface area (Å²) in [6.07, 6.45) is 3.52. The number of hydrogen-bond acceptors (Lipinski definition) is 6. The number of carboxylic acids is 1. The van der Waals surface area contributed by atoms with Gasteiger partial charge < -0.3 is 14.7 Å². The SMILES string of the molecule is Cc1c(COc2ccccc2-c2cccc(N3CC[C@H](C(=O)O)[C@@H](C)C3)n2)ccc2c1CCN(C(C)c1ccccn1)C2. The number of para-hydroxylation sites is 1. The van der Waals surface area contributed by atoms with Crippen molar-refractivity contribution in [2.24, 2.45) is 11.8 Å². The predicted octanol–water partition coefficient (Wildman–Crippen LogP) is 6.70. The lowest BCUT2D eigenvalue weighted by atomic mass is 9.87. The normalized spacial score (nSPS) is 19.5. The molecule has 7 heteroatoms. The Morgan fingerprint density at radius 1 is 1.05 bits per heavy atom. The monoisotopic (exact) mass is 576 g/mol. The molecule has 4 heterocycles. The second-order valence-corrected chi connectivity index (χ2v) is 12.0. The first-order chi connectivity index (χ1) is 20.9. The minimum atomic E-state index is -0.703. The van der Waals surface area contributed by atoms with Crippen LogP contribution in [0.5, 0.6) is 5.75 Å². The molecule has 4 aromatic rings. The van der Waals surface area contributed by atoms with Gasteiger partial charge in [0.15, 0.2) is 0 Å². The van der Waals surface area contributed by atoms with Crippen molar-refractivity contribution in [2.45, 2.75) is 52.8 Å². The van der Waals surface area contributed by atoms with Crippen molar-refractivity contribution in [2.75, 3.05) is 24.5 Å². The standard InChI is InChI=1S/C36H40N4O3/c1-24-21-40(20-16-29(24)36(41)42)35-13-8-11-33(38-35)31-9-4-5-12-34(31)43-23-28-15-14-27-22-39(19-17-30(27)25(28)2)26(3)32-10-6-7-18-37-32/h4-15,18,24,26,29H,16-17,19-23H2,1-3H3,(H,41,42)/t24-,26?,29-/m0/s1. The quantitative estimate of drug-likeness (QED) is 0.250. The Labute approximate surface area is 254 Å². The average Bonchev–Trinajstić information content (AvgIpc) is 3.04. The van der Waals surface area contributed by atoms with E-state index in [4.69, 9.17) is 9.72 Å². The van der Waals surface area contributed by atoms with Crippen LogP contribution in [0.1, 0.15) is 54.3 Å². The van der Waals surface area contributed by atoms with Gasteiger partial charge >= 0.3 is 5.97 Å². The van der Waals surface area contributed by atoms with Crippen molar-refractivity contribution in [3.63, 3.8) is 0 Å². The van der Waals surface area contributed by atoms with E-state index in [1.165, 1.54) is 22.3 Å². The van der Waals surface area contributed by atoms with Crippen molar-refractivity contribution in [3.05, 3.63) is 107 Å². The van der Waals surface area contributed by atoms with E-state index in [1.807, 2.05) is 55.6 Å². The lowest BCUT2D eigenvalue weighted by molar-refractivity contribution is -0.144. The first-order valence-electron chi connectivity index (χ1n) is 15.3. The molecule has 2 aromatic carbocycles. The predicted molar refractivity (Wildman–Crippen MR) is 169 cm³/mol. The lowest BCUT2D eigenvalue weighted by Crippen LogP contribution is -2.42. The van der Waals surface area contributed by atoms with Crippen LogP contribution in [0.2, 0.25) is 0 Å². The van der Waals surface area contributed by atoms with Gasteiger partial charge in [0.05, 0.1) is 17.3 Å². The molecule has 0 aliphatic carbocycles. The summed E-state index contributed by atoms with van der Waals surface area (Å²) in [5.74, 6) is 0.748. The highest BCUT2D eigenvalue weighted by atomic mass is 16.5. The van der Waals surface area contributed by atoms with E-state index in [1.54, 1.807) is 0 Å². The van der Waals surface area contributed by atoms with Gasteiger partial charge in [0.2, 0.25) is 0 Å². The van der Waals surface area contributed by atoms with Gasteiger partial charge in [-0.05, 0) is 91.3 Å². The smallest absolute Gasteiger partial charge is 0.306 e. The van der Waals surface area contributed by atoms with Gasteiger partial charge in [0, 0.05) is 44.0 Å². The van der Waals surface area contributed by atoms with Gasteiger partial charge in [0.1, 0.15) is 18.2 Å². The molecule has 222 valence electrons. The molecule has 0 spiro atoms. The summed E-state index contributed by atoms with van der Waals surface area (Å²) in [5, 5.41) is 9.51. The number of carboxylic acid groups (broad SMARTS) is 1. The fourth-order valence-corrected chi connectivity index (χ4v) is 6.64. The molecule has 3 atom stereocenters. The Morgan fingerprint density at radius 2 is 1.88 bits per heavy atom. The van der Waals surface area contributed by atoms with Crippen molar-refractivity contribution >= 4 is 11.8 Å². The number of ether oxygens (including phenoxy) is 1. The van der Waals surface area contributed by atoms with Crippen LogP contribution >= 0.6 is 0 Å². The Kier molecular flexibility index (Phi) is 8.43. The molecule has 1 saturated heterocycles. The molecule has 0 amide bonds. The molecule has 7 nitrogen and oxygen atoms in total. The summed E-state index contributed by atoms with van der Waals surface area (Å²) < 4.78 is 6.47. The number of fused-ring (bicyclic) bond motifs is 1. The van der Waals surface area contributed by atoms with Gasteiger partial charge in [-0.15, -0.1) is 0 Å². The minimum absolute atomic E-state index is 0.0690. The number of nitrogens with zero attached hydrogens (tertiary/aromatic N) is 4. The van der Waals surface area contributed by atoms with Gasteiger partial charge in [-0.25, -0.2) is 4.98 Å². The molecule has 0 radical (unpaired) electrons. The lowest BCUT2D eigenvalue weighted by Gasteiger charge is -2.35. The van der Waals surface area contributed by atoms with E-state index in [9.17, 15) is 9.90 Å². The third-order valence-electron chi connectivity index (χ3n) is 9.32. The first kappa shape index (κ1) is 28.9. The Morgan fingerprint density at radius 3 is 2.67 bits per heavy atom. The molecule has 6 rings (SSSR count). The summed E-state index contributed by atoms with van der Waals surface area (Å²) in [5.41, 5.74) is 8.27. The zero-order chi connectivity index (χ0) is 29.9. The largest absolute Gasteiger partial charge is 0.488 e. The zero-order valence-corrected chi connectivity index (χ0v) is 25.2. The highest BCUT2D eigenvalue weighted by Gasteiger charge is 2.31. The van der Waals surface area contributed by atoms with Crippen LogP contribution < -0.4 is 9.64 Å². The van der Waals surface area contributed by atoms with Crippen LogP contribution in [0, 0.1) is 18.8 Å². The number of pyridine rings is 2. The number of carbonyl (C=O) groups is 1. The third kappa shape index (κ3) is 6.13. The molecule has 43 heavy (non-hydrogen) atoms. The zero-order valence-electron chi connectivity index (χ0n) is 25.2. The number of aliphatic carboxylic acids is 1. The summed E-state index contributed by atoms with van der Waals surface area (Å²) in [4.78, 5) is 25.9. The molecule has 0 bridgehead atoms. The molecule has 2 aromatic heterocycles. The van der Waals surface area contributed by atoms with Crippen LogP contribution in [0.15, 0.2) is 79.0 Å². The van der Waals surface area contributed by atoms with Crippen molar-refractivity contribution in [1.82, 2.24) is 14.9 Å². The van der Waals surface area contributed by atoms with Gasteiger partial charge in [-0.2, -0.15) is 0 Å². The number of rotatable bonds is 8. The second-order valence-electron chi connectivity index (χ2n) is 12.0. The second kappa shape index (κ2) is 12.6. The number of piperidine rings is 1. The topological polar surface area (TPSA) is 78.8 Å². The van der Waals surface area contributed by atoms with Crippen LogP contribution in [0.3, 0.4) is 0 Å². The molecule has 0 saturated carbocycles. The maximum atomic E-state index is 11.6. The van der Waals surface area contributed by atoms with Gasteiger partial charge in [-0.1, -0.05) is 43.3 Å². The van der Waals surface area contributed by atoms with Crippen LogP contribution in [0.25, 0.3) is 11.3 Å². The number of aromatic nitrogens is 2. The molecule has 2 aliphatic heterocycles. The number of anilines is 1. The summed E-state index contributed by atoms with van der Waals surface area (Å²) in [6, 6.07) is 25.0. The fraction of sp³-hybridized carbons (Fsp3) is 0.361. The van der Waals surface area contributed by atoms with Crippen LogP contribution in [0.4, 0.5) is 5.82 Å². The maximum Gasteiger partial charge on any atom is 0.306 e. The third-order valence-corrected chi connectivity index (χ3v) is 9.32. The van der Waals surface area contributed by atoms with Crippen LogP contribution in [-0.2, 0) is 24.4 Å². The first-order valence-corrected chi connectivity index (χ1v) is 15.3. The minimum Gasteiger partial charge on any atom is -0.488 e. The Bertz CT molecular complexity index is 1590. The van der Waals surface area contributed by atoms with Gasteiger partial charge in [0.25, 0.3) is 0 Å². The molecule has 1 unspecified atom stereocenters. The average molecular weight is 577 g/mol. The van der Waals surface area contributed by atoms with Crippen molar-refractivity contribution < 1.29 is 14.6 Å². The molecule has 1 N–H and O–H groups in total. The fourth-order valence-electron chi connectivity index (χ4n) is 6.64. The van der Waals surface area contributed by atoms with E-state index in [2.05, 4.69) is 59.0 Å². The van der Waals surface area contributed by atoms with Crippen molar-refractivity contribution in [1.29, 1.82) is 0 Å². The number of benzene rings is 2. The van der Waals surface area contributed by atoms with Crippen LogP contribution in [-0.4, -0.2) is 45.6 Å². The van der Waals surface area contributed by atoms with E-state index in [-0.39, 0.29) is 17.9 Å². The van der Waals surface area contributed by atoms with Gasteiger partial charge in [-0.3, -0.25) is 14.7 Å². The van der Waals surface area contributed by atoms with E-state index in [0.29, 0.717) is 26.1 Å². The van der Waals surface area contributed by atoms with E-state index < -0.39 is 5.97 Å². The molecular formula is C36H40N4O3. The maximum absolute atomic E-state index is 11.6. The van der Waals surface area contributed by atoms with Crippen molar-refractivity contribution in [3.8, 4) is 17.0 Å². The highest BCUT2D eigenvalue weighted by molar-refractivity contribution is 5.71. The molecular weight excluding hydrogens is 536 g/mol. The summed E-state index contributed by atoms with van der Waals surface area (Å²) >= 11 is 0. The van der Waals surface area contributed by atoms with E-state index in [0.717, 1.165) is 48.0 Å². The Balaban J connectivity index is 1.16. The number of hydrogen-bond donors (Lipinski definition) is 1. The van der Waals surface area contributed by atoms with E-state index >= 15 is 0 Å². The Hall–Kier alpha value is -4.23.